The maximum atomic E-state index is 14.6. The average Bonchev–Trinajstić information content (AvgIpc) is 2.99. The Morgan fingerprint density at radius 3 is 2.61 bits per heavy atom. The number of amides is 1. The van der Waals surface area contributed by atoms with Crippen LogP contribution in [0.4, 0.5) is 14.5 Å². The quantitative estimate of drug-likeness (QED) is 0.332. The molecular formula is C22H18ClF2N5O2S. The molecule has 0 radical (unpaired) electrons. The SMILES string of the molecule is Cc1nn(C)c(C)c1NC(=O)CSc1nc2ccc(Cl)cc2c(=O)n1-c1ccc(F)cc1F. The maximum Gasteiger partial charge on any atom is 0.266 e. The van der Waals surface area contributed by atoms with Crippen molar-refractivity contribution in [2.75, 3.05) is 11.1 Å². The summed E-state index contributed by atoms with van der Waals surface area (Å²) in [5.41, 5.74) is 1.62. The molecule has 1 amide bonds. The number of nitrogens with zero attached hydrogens (tertiary/aromatic N) is 4. The standard InChI is InChI=1S/C22H18ClF2N5O2S/c1-11-20(12(2)29(3)28-11)27-19(31)10-33-22-26-17-6-4-13(23)8-15(17)21(32)30(22)18-7-5-14(24)9-16(18)25/h4-9H,10H2,1-3H3,(H,27,31). The van der Waals surface area contributed by atoms with Crippen LogP contribution in [0.15, 0.2) is 46.3 Å². The number of rotatable bonds is 5. The van der Waals surface area contributed by atoms with E-state index in [2.05, 4.69) is 15.4 Å². The summed E-state index contributed by atoms with van der Waals surface area (Å²) in [6.07, 6.45) is 0. The van der Waals surface area contributed by atoms with E-state index in [9.17, 15) is 18.4 Å². The van der Waals surface area contributed by atoms with Gasteiger partial charge in [-0.15, -0.1) is 0 Å². The molecule has 11 heteroatoms. The van der Waals surface area contributed by atoms with Gasteiger partial charge in [-0.3, -0.25) is 18.8 Å². The van der Waals surface area contributed by atoms with E-state index in [0.29, 0.717) is 28.0 Å². The van der Waals surface area contributed by atoms with Crippen molar-refractivity contribution in [2.24, 2.45) is 7.05 Å². The van der Waals surface area contributed by atoms with Crippen molar-refractivity contribution in [3.05, 3.63) is 74.8 Å². The zero-order chi connectivity index (χ0) is 23.9. The van der Waals surface area contributed by atoms with Gasteiger partial charge in [0.1, 0.15) is 11.6 Å². The van der Waals surface area contributed by atoms with Crippen molar-refractivity contribution >= 4 is 45.9 Å². The minimum atomic E-state index is -0.937. The molecule has 2 aromatic carbocycles. The number of halogens is 3. The highest BCUT2D eigenvalue weighted by molar-refractivity contribution is 7.99. The number of aryl methyl sites for hydroxylation is 2. The van der Waals surface area contributed by atoms with Gasteiger partial charge in [-0.2, -0.15) is 5.10 Å². The van der Waals surface area contributed by atoms with Crippen molar-refractivity contribution < 1.29 is 13.6 Å². The molecule has 0 saturated heterocycles. The van der Waals surface area contributed by atoms with Crippen LogP contribution < -0.4 is 10.9 Å². The molecule has 2 heterocycles. The van der Waals surface area contributed by atoms with Crippen LogP contribution in [0, 0.1) is 25.5 Å². The first-order chi connectivity index (χ1) is 15.7. The van der Waals surface area contributed by atoms with E-state index >= 15 is 0 Å². The molecule has 4 aromatic rings. The van der Waals surface area contributed by atoms with E-state index in [-0.39, 0.29) is 27.9 Å². The summed E-state index contributed by atoms with van der Waals surface area (Å²) >= 11 is 6.98. The van der Waals surface area contributed by atoms with Crippen molar-refractivity contribution in [3.8, 4) is 5.69 Å². The van der Waals surface area contributed by atoms with Gasteiger partial charge in [0.15, 0.2) is 5.16 Å². The third kappa shape index (κ3) is 4.49. The first-order valence-electron chi connectivity index (χ1n) is 9.76. The fourth-order valence-electron chi connectivity index (χ4n) is 3.37. The van der Waals surface area contributed by atoms with Gasteiger partial charge in [-0.25, -0.2) is 13.8 Å². The second-order valence-electron chi connectivity index (χ2n) is 7.30. The number of nitrogens with one attached hydrogen (secondary N) is 1. The molecule has 7 nitrogen and oxygen atoms in total. The summed E-state index contributed by atoms with van der Waals surface area (Å²) in [5, 5.41) is 7.63. The Kier molecular flexibility index (Phi) is 6.22. The molecule has 0 aliphatic rings. The molecule has 0 fully saturated rings. The lowest BCUT2D eigenvalue weighted by atomic mass is 10.2. The maximum absolute atomic E-state index is 14.6. The number of benzene rings is 2. The van der Waals surface area contributed by atoms with Gasteiger partial charge in [0.2, 0.25) is 5.91 Å². The van der Waals surface area contributed by atoms with E-state index in [4.69, 9.17) is 11.6 Å². The lowest BCUT2D eigenvalue weighted by molar-refractivity contribution is -0.113. The van der Waals surface area contributed by atoms with Crippen LogP contribution in [0.3, 0.4) is 0 Å². The van der Waals surface area contributed by atoms with Crippen molar-refractivity contribution in [3.63, 3.8) is 0 Å². The van der Waals surface area contributed by atoms with E-state index in [1.54, 1.807) is 30.8 Å². The number of carbonyl (C=O) groups is 1. The van der Waals surface area contributed by atoms with Crippen LogP contribution in [0.5, 0.6) is 0 Å². The Hall–Kier alpha value is -3.24. The average molecular weight is 490 g/mol. The van der Waals surface area contributed by atoms with Crippen LogP contribution in [0.2, 0.25) is 5.02 Å². The number of hydrogen-bond acceptors (Lipinski definition) is 5. The zero-order valence-corrected chi connectivity index (χ0v) is 19.4. The van der Waals surface area contributed by atoms with Crippen LogP contribution in [-0.4, -0.2) is 31.0 Å². The third-order valence-electron chi connectivity index (χ3n) is 5.06. The first kappa shape index (κ1) is 22.9. The summed E-state index contributed by atoms with van der Waals surface area (Å²) < 4.78 is 30.7. The van der Waals surface area contributed by atoms with Crippen LogP contribution >= 0.6 is 23.4 Å². The van der Waals surface area contributed by atoms with Gasteiger partial charge in [0, 0.05) is 18.1 Å². The summed E-state index contributed by atoms with van der Waals surface area (Å²) in [7, 11) is 1.77. The molecular weight excluding hydrogens is 472 g/mol. The van der Waals surface area contributed by atoms with Gasteiger partial charge in [0.05, 0.1) is 39.4 Å². The Morgan fingerprint density at radius 2 is 1.94 bits per heavy atom. The lowest BCUT2D eigenvalue weighted by Gasteiger charge is -2.14. The minimum Gasteiger partial charge on any atom is -0.322 e. The fraction of sp³-hybridized carbons (Fsp3) is 0.182. The molecule has 1 N–H and O–H groups in total. The van der Waals surface area contributed by atoms with Gasteiger partial charge >= 0.3 is 0 Å². The summed E-state index contributed by atoms with van der Waals surface area (Å²) in [6.45, 7) is 3.61. The number of thioether (sulfide) groups is 1. The second kappa shape index (κ2) is 8.95. The number of anilines is 1. The number of fused-ring (bicyclic) bond motifs is 1. The largest absolute Gasteiger partial charge is 0.322 e. The Bertz CT molecular complexity index is 1470. The van der Waals surface area contributed by atoms with Gasteiger partial charge in [0.25, 0.3) is 5.56 Å². The van der Waals surface area contributed by atoms with Gasteiger partial charge < -0.3 is 5.32 Å². The molecule has 0 unspecified atom stereocenters. The first-order valence-corrected chi connectivity index (χ1v) is 11.1. The molecule has 0 bridgehead atoms. The highest BCUT2D eigenvalue weighted by Gasteiger charge is 2.19. The van der Waals surface area contributed by atoms with Crippen molar-refractivity contribution in [1.29, 1.82) is 0 Å². The van der Waals surface area contributed by atoms with Gasteiger partial charge in [-0.05, 0) is 44.2 Å². The molecule has 0 atom stereocenters. The minimum absolute atomic E-state index is 0.0788. The van der Waals surface area contributed by atoms with E-state index < -0.39 is 17.2 Å². The number of hydrogen-bond donors (Lipinski definition) is 1. The topological polar surface area (TPSA) is 81.8 Å². The van der Waals surface area contributed by atoms with Crippen LogP contribution in [0.1, 0.15) is 11.4 Å². The fourth-order valence-corrected chi connectivity index (χ4v) is 4.35. The Balaban J connectivity index is 1.74. The third-order valence-corrected chi connectivity index (χ3v) is 6.23. The molecule has 170 valence electrons. The number of aromatic nitrogens is 4. The van der Waals surface area contributed by atoms with Crippen molar-refractivity contribution in [2.45, 2.75) is 19.0 Å². The Morgan fingerprint density at radius 1 is 1.18 bits per heavy atom. The van der Waals surface area contributed by atoms with E-state index in [1.165, 1.54) is 6.07 Å². The monoisotopic (exact) mass is 489 g/mol. The predicted octanol–water partition coefficient (Wildman–Crippen LogP) is 4.40. The molecule has 0 aliphatic carbocycles. The molecule has 0 saturated carbocycles. The molecule has 2 aromatic heterocycles. The summed E-state index contributed by atoms with van der Waals surface area (Å²) in [6, 6.07) is 7.45. The van der Waals surface area contributed by atoms with E-state index in [1.807, 2.05) is 6.92 Å². The smallest absolute Gasteiger partial charge is 0.266 e. The molecule has 0 aliphatic heterocycles. The van der Waals surface area contributed by atoms with Crippen molar-refractivity contribution in [1.82, 2.24) is 19.3 Å². The van der Waals surface area contributed by atoms with Crippen LogP contribution in [0.25, 0.3) is 16.6 Å². The molecule has 0 spiro atoms. The highest BCUT2D eigenvalue weighted by atomic mass is 35.5. The lowest BCUT2D eigenvalue weighted by Crippen LogP contribution is -2.24. The highest BCUT2D eigenvalue weighted by Crippen LogP contribution is 2.25. The van der Waals surface area contributed by atoms with E-state index in [0.717, 1.165) is 34.2 Å². The molecule has 33 heavy (non-hydrogen) atoms. The Labute approximate surface area is 196 Å². The molecule has 4 rings (SSSR count). The van der Waals surface area contributed by atoms with Gasteiger partial charge in [-0.1, -0.05) is 23.4 Å². The number of carbonyl (C=O) groups excluding carboxylic acids is 1. The normalized spacial score (nSPS) is 11.2. The zero-order valence-electron chi connectivity index (χ0n) is 17.8. The second-order valence-corrected chi connectivity index (χ2v) is 8.68. The van der Waals surface area contributed by atoms with Crippen LogP contribution in [-0.2, 0) is 11.8 Å². The summed E-state index contributed by atoms with van der Waals surface area (Å²) in [4.78, 5) is 30.3. The summed E-state index contributed by atoms with van der Waals surface area (Å²) in [5.74, 6) is -2.18. The predicted molar refractivity (Wildman–Crippen MR) is 124 cm³/mol.